The minimum absolute atomic E-state index is 0. The lowest BCUT2D eigenvalue weighted by molar-refractivity contribution is -0.142. The van der Waals surface area contributed by atoms with E-state index in [0.29, 0.717) is 61.3 Å². The van der Waals surface area contributed by atoms with Crippen molar-refractivity contribution >= 4 is 147 Å². The highest BCUT2D eigenvalue weighted by Crippen LogP contribution is 2.51. The Morgan fingerprint density at radius 2 is 0.718 bits per heavy atom. The van der Waals surface area contributed by atoms with Crippen molar-refractivity contribution in [2.75, 3.05) is 26.2 Å². The van der Waals surface area contributed by atoms with Gasteiger partial charge in [0.25, 0.3) is 11.8 Å². The second kappa shape index (κ2) is 46.5. The van der Waals surface area contributed by atoms with Gasteiger partial charge in [0.2, 0.25) is 43.6 Å². The number of ether oxygens (including phenoxy) is 7. The Kier molecular flexibility index (Phi) is 35.5. The molecule has 10 aromatic rings. The van der Waals surface area contributed by atoms with Gasteiger partial charge < -0.3 is 64.6 Å². The van der Waals surface area contributed by atoms with Crippen molar-refractivity contribution in [3.63, 3.8) is 0 Å². The number of aliphatic hydroxyl groups is 1. The third-order valence-corrected chi connectivity index (χ3v) is 30.5. The van der Waals surface area contributed by atoms with Crippen LogP contribution in [0.3, 0.4) is 0 Å². The zero-order chi connectivity index (χ0) is 108. The van der Waals surface area contributed by atoms with Crippen LogP contribution < -0.4 is 34.7 Å². The summed E-state index contributed by atoms with van der Waals surface area (Å²) >= 11 is 5.85. The van der Waals surface area contributed by atoms with Crippen molar-refractivity contribution < 1.29 is 118 Å². The minimum atomic E-state index is -4.08. The smallest absolute Gasteiger partial charge is 0.411 e. The molecule has 8 fully saturated rings. The van der Waals surface area contributed by atoms with Crippen LogP contribution in [0.4, 0.5) is 19.2 Å². The quantitative estimate of drug-likeness (QED) is 0.0167. The van der Waals surface area contributed by atoms with E-state index in [1.54, 1.807) is 114 Å². The van der Waals surface area contributed by atoms with Crippen LogP contribution in [0.15, 0.2) is 232 Å². The number of aromatic nitrogens is 4. The van der Waals surface area contributed by atoms with Crippen LogP contribution in [0.5, 0.6) is 17.6 Å². The molecular weight excluding hydrogens is 2000 g/mol. The lowest BCUT2D eigenvalue weighted by atomic mass is 10.1. The number of aliphatic hydroxyl groups excluding tert-OH is 1. The SMILES string of the molecule is C=C[C@@H]1C[C@]1(N)C(=O)NS(=O)(=O)C1(Cc2ccccc2)CC1.C=C[C@@H]1C[C@]1(NC(=O)[C@@H]1C[C@@H](Oc2nccc3ccccc23)CN1C(=O)OC(C)(C)C)C(=O)NS(=O)(=O)C1(Cc2ccccc2)CC1.CC(C)(C)OC(=O)N1C[C@H](O)C[C@H]1C(=O)O.CC(C)(C)OC(=O)N1C[C@H](Oc2nccc3ccccc23)C[C@H]1C(=O)O.CC(C)(C)OC(=O)N1C[C@H](Oc2nccc3ccccc23)C[C@H]1C(=O)O.Cl.Clc1nccc2ccccc12. The van der Waals surface area contributed by atoms with E-state index in [4.69, 9.17) is 55.6 Å². The number of hydrogen-bond acceptors (Lipinski definition) is 27. The number of fused-ring (bicyclic) bond motifs is 4. The highest BCUT2D eigenvalue weighted by molar-refractivity contribution is 7.92. The summed E-state index contributed by atoms with van der Waals surface area (Å²) in [5, 5.41) is 48.1. The molecule has 9 N–H and O–H groups in total. The zero-order valence-corrected chi connectivity index (χ0v) is 88.1. The Morgan fingerprint density at radius 1 is 0.416 bits per heavy atom. The lowest BCUT2D eigenvalue weighted by Crippen LogP contribution is -2.57. The molecule has 0 bridgehead atoms. The second-order valence-electron chi connectivity index (χ2n) is 41.9. The van der Waals surface area contributed by atoms with Crippen LogP contribution in [0, 0.1) is 11.8 Å². The molecule has 0 unspecified atom stereocenters. The first kappa shape index (κ1) is 114. The number of benzene rings is 6. The number of rotatable bonds is 23. The number of halogens is 2. The van der Waals surface area contributed by atoms with Crippen LogP contribution >= 0.6 is 24.0 Å². The molecule has 4 aliphatic heterocycles. The number of pyridine rings is 4. The standard InChI is InChI=1S/C35H40N4O7S.2C19H22N2O5.C16H20N2O3S.C10H17NO5.C9H6ClN.ClH/c1-5-25-21-35(25,31(41)38-47(43,44)34(16-17-34)20-23-11-7-6-8-12-23)37-29(40)28-19-26(22-39(28)32(42)46-33(2,3)4)45-30-27-14-10-9-13-24(27)15-18-36-30;2*1-19(2,3)26-18(24)21-11-13(10-15(21)17(22)23)25-16-14-7-5-4-6-12(14)8-9-20-16;1-2-13-11-16(13,17)14(19)18-22(20,21)15(8-9-15)10-12-6-4-3-5-7-12;1-10(2,3)16-9(15)11-5-6(12)4-7(11)8(13)14;10-9-8-4-2-1-3-7(8)5-6-11-9;/h5-15,18,25-26,28H,1,16-17,19-22H2,2-4H3,(H,37,40)(H,38,41);2*4-9,13,15H,10-11H2,1-3H3,(H,22,23);2-7,13H,1,8-11,17H2,(H,18,19);6-7,12H,4-5H2,1-3H3,(H,13,14);1-6H;1H/t25-,26-,28+,35-;2*13-,15+;13-,16-;6-,7+;;/m11111../s1. The van der Waals surface area contributed by atoms with Gasteiger partial charge in [-0.2, -0.15) is 0 Å². The molecule has 41 heteroatoms. The molecule has 0 radical (unpaired) electrons. The number of hydrogen-bond donors (Lipinski definition) is 8. The largest absolute Gasteiger partial charge is 0.480 e. The average molecular weight is 2130 g/mol. The maximum Gasteiger partial charge on any atom is 0.411 e. The van der Waals surface area contributed by atoms with Crippen LogP contribution in [-0.2, 0) is 80.6 Å². The number of nitrogens with one attached hydrogen (secondary N) is 3. The van der Waals surface area contributed by atoms with Gasteiger partial charge in [-0.1, -0.05) is 163 Å². The second-order valence-corrected chi connectivity index (χ2v) is 46.4. The van der Waals surface area contributed by atoms with E-state index in [0.717, 1.165) is 59.1 Å². The van der Waals surface area contributed by atoms with Gasteiger partial charge in [0, 0.05) is 83.9 Å². The number of amides is 7. The Morgan fingerprint density at radius 3 is 1.04 bits per heavy atom. The summed E-state index contributed by atoms with van der Waals surface area (Å²) in [4.78, 5) is 145. The van der Waals surface area contributed by atoms with Gasteiger partial charge in [0.05, 0.1) is 41.8 Å². The van der Waals surface area contributed by atoms with Crippen molar-refractivity contribution in [2.45, 2.75) is 252 Å². The van der Waals surface area contributed by atoms with Gasteiger partial charge in [0.1, 0.15) is 81.1 Å². The Labute approximate surface area is 875 Å². The molecule has 0 spiro atoms. The number of carboxylic acids is 3. The fourth-order valence-electron chi connectivity index (χ4n) is 17.8. The minimum Gasteiger partial charge on any atom is -0.480 e. The molecule has 4 aliphatic carbocycles. The van der Waals surface area contributed by atoms with Gasteiger partial charge in [-0.05, 0) is 210 Å². The number of β-amino-alcohol motifs (C(OH)–C–C–N with tert-alkyl or cyclic N) is 1. The Balaban J connectivity index is 0.000000168. The molecule has 18 rings (SSSR count). The van der Waals surface area contributed by atoms with E-state index < -0.39 is 178 Å². The van der Waals surface area contributed by atoms with Crippen LogP contribution in [0.25, 0.3) is 43.1 Å². The molecule has 796 valence electrons. The van der Waals surface area contributed by atoms with Crippen LogP contribution in [0.1, 0.15) is 158 Å². The highest BCUT2D eigenvalue weighted by atomic mass is 35.5. The summed E-state index contributed by atoms with van der Waals surface area (Å²) < 4.78 is 94.3. The number of aliphatic carboxylic acids is 3. The highest BCUT2D eigenvalue weighted by Gasteiger charge is 2.65. The number of sulfonamides is 2. The first-order valence-electron chi connectivity index (χ1n) is 48.6. The third-order valence-electron chi connectivity index (χ3n) is 25.9. The molecule has 4 saturated heterocycles. The zero-order valence-electron chi connectivity index (χ0n) is 84.9. The predicted octanol–water partition coefficient (Wildman–Crippen LogP) is 15.3. The molecular formula is C108H128Cl2N12O25S2. The molecule has 12 atom stereocenters. The first-order valence-corrected chi connectivity index (χ1v) is 51.9. The molecule has 7 amide bonds. The van der Waals surface area contributed by atoms with Crippen molar-refractivity contribution in [3.8, 4) is 17.6 Å². The number of likely N-dealkylation sites (tertiary alicyclic amines) is 4. The maximum absolute atomic E-state index is 14.0. The van der Waals surface area contributed by atoms with Crippen molar-refractivity contribution in [3.05, 3.63) is 248 Å². The molecule has 8 aliphatic rings. The summed E-state index contributed by atoms with van der Waals surface area (Å²) in [6, 6.07) is 53.1. The summed E-state index contributed by atoms with van der Waals surface area (Å²) in [7, 11) is -7.81. The van der Waals surface area contributed by atoms with E-state index in [-0.39, 0.29) is 83.0 Å². The molecule has 4 aromatic heterocycles. The van der Waals surface area contributed by atoms with Gasteiger partial charge in [-0.15, -0.1) is 25.6 Å². The summed E-state index contributed by atoms with van der Waals surface area (Å²) in [5.74, 6) is -4.72. The van der Waals surface area contributed by atoms with E-state index in [1.807, 2.05) is 182 Å². The van der Waals surface area contributed by atoms with E-state index >= 15 is 0 Å². The maximum atomic E-state index is 14.0. The van der Waals surface area contributed by atoms with E-state index in [1.165, 1.54) is 20.8 Å². The number of carbonyl (C=O) groups excluding carboxylic acids is 7. The Bertz CT molecular complexity index is 6680. The van der Waals surface area contributed by atoms with E-state index in [9.17, 15) is 80.1 Å². The monoisotopic (exact) mass is 2130 g/mol. The fourth-order valence-corrected chi connectivity index (χ4v) is 21.3. The fraction of sp³-hybridized carbons (Fsp3) is 0.426. The van der Waals surface area contributed by atoms with E-state index in [2.05, 4.69) is 47.9 Å². The van der Waals surface area contributed by atoms with Crippen LogP contribution in [-0.4, -0.2) is 255 Å². The molecule has 8 heterocycles. The van der Waals surface area contributed by atoms with Gasteiger partial charge >= 0.3 is 42.3 Å². The predicted molar refractivity (Wildman–Crippen MR) is 560 cm³/mol. The summed E-state index contributed by atoms with van der Waals surface area (Å²) in [5.41, 5.74) is 2.20. The summed E-state index contributed by atoms with van der Waals surface area (Å²) in [6.07, 6.45) is 8.52. The van der Waals surface area contributed by atoms with Crippen molar-refractivity contribution in [1.29, 1.82) is 0 Å². The topological polar surface area (TPSA) is 511 Å². The Hall–Kier alpha value is -13.9. The van der Waals surface area contributed by atoms with Gasteiger partial charge in [-0.3, -0.25) is 43.4 Å². The van der Waals surface area contributed by atoms with Gasteiger partial charge in [0.15, 0.2) is 0 Å². The number of carboxylic acid groups (broad SMARTS) is 3. The van der Waals surface area contributed by atoms with Crippen molar-refractivity contribution in [1.82, 2.24) is 54.3 Å². The lowest BCUT2D eigenvalue weighted by Gasteiger charge is -2.29. The normalized spacial score (nSPS) is 22.6. The number of nitrogens with zero attached hydrogens (tertiary/aromatic N) is 8. The molecule has 37 nitrogen and oxygen atoms in total. The first-order chi connectivity index (χ1) is 69.7. The van der Waals surface area contributed by atoms with Gasteiger partial charge in [-0.25, -0.2) is 70.3 Å². The van der Waals surface area contributed by atoms with Crippen molar-refractivity contribution in [2.24, 2.45) is 17.6 Å². The summed E-state index contributed by atoms with van der Waals surface area (Å²) in [6.45, 7) is 28.5. The van der Waals surface area contributed by atoms with Crippen LogP contribution in [0.2, 0.25) is 5.15 Å². The molecule has 149 heavy (non-hydrogen) atoms. The molecule has 6 aromatic carbocycles. The number of carbonyl (C=O) groups is 10. The number of nitrogens with two attached hydrogens (primary N) is 1. The molecule has 4 saturated carbocycles. The average Bonchev–Trinajstić information content (AvgIpc) is 1.54. The third kappa shape index (κ3) is 28.8.